The second-order valence-corrected chi connectivity index (χ2v) is 8.14. The quantitative estimate of drug-likeness (QED) is 0.896. The van der Waals surface area contributed by atoms with Crippen LogP contribution in [0.3, 0.4) is 0 Å². The Kier molecular flexibility index (Phi) is 5.21. The summed E-state index contributed by atoms with van der Waals surface area (Å²) in [7, 11) is -3.44. The molecule has 1 aromatic rings. The summed E-state index contributed by atoms with van der Waals surface area (Å²) in [4.78, 5) is 4.25. The number of hydrogen-bond acceptors (Lipinski definition) is 4. The van der Waals surface area contributed by atoms with E-state index in [-0.39, 0.29) is 22.8 Å². The average molecular weight is 349 g/mol. The number of aryl methyl sites for hydroxylation is 2. The van der Waals surface area contributed by atoms with Crippen LogP contribution in [0.15, 0.2) is 11.2 Å². The molecular formula is C14H25ClN4O2S. The van der Waals surface area contributed by atoms with E-state index < -0.39 is 10.0 Å². The number of imidazole rings is 1. The van der Waals surface area contributed by atoms with Gasteiger partial charge in [-0.3, -0.25) is 0 Å². The molecule has 1 N–H and O–H groups in total. The number of piperidine rings is 1. The van der Waals surface area contributed by atoms with E-state index in [4.69, 9.17) is 0 Å². The zero-order valence-electron chi connectivity index (χ0n) is 13.2. The first-order chi connectivity index (χ1) is 9.97. The van der Waals surface area contributed by atoms with Crippen LogP contribution in [0.25, 0.3) is 0 Å². The lowest BCUT2D eigenvalue weighted by molar-refractivity contribution is 0.218. The summed E-state index contributed by atoms with van der Waals surface area (Å²) >= 11 is 0. The van der Waals surface area contributed by atoms with Crippen molar-refractivity contribution < 1.29 is 8.42 Å². The molecule has 0 aromatic carbocycles. The van der Waals surface area contributed by atoms with Gasteiger partial charge in [0, 0.05) is 25.8 Å². The van der Waals surface area contributed by atoms with E-state index in [1.165, 1.54) is 0 Å². The highest BCUT2D eigenvalue weighted by molar-refractivity contribution is 7.89. The smallest absolute Gasteiger partial charge is 0.262 e. The van der Waals surface area contributed by atoms with Crippen LogP contribution >= 0.6 is 12.4 Å². The van der Waals surface area contributed by atoms with Gasteiger partial charge in [0.2, 0.25) is 0 Å². The summed E-state index contributed by atoms with van der Waals surface area (Å²) in [5, 5.41) is 3.56. The molecule has 0 radical (unpaired) electrons. The van der Waals surface area contributed by atoms with Gasteiger partial charge in [-0.05, 0) is 51.6 Å². The second kappa shape index (κ2) is 6.47. The molecule has 1 aromatic heterocycles. The number of nitrogens with zero attached hydrogens (tertiary/aromatic N) is 3. The molecule has 0 aliphatic carbocycles. The van der Waals surface area contributed by atoms with Crippen molar-refractivity contribution in [3.63, 3.8) is 0 Å². The van der Waals surface area contributed by atoms with Gasteiger partial charge in [-0.15, -0.1) is 12.4 Å². The minimum atomic E-state index is -3.44. The van der Waals surface area contributed by atoms with Gasteiger partial charge >= 0.3 is 0 Å². The van der Waals surface area contributed by atoms with E-state index in [0.717, 1.165) is 44.7 Å². The Morgan fingerprint density at radius 2 is 2.00 bits per heavy atom. The normalized spacial score (nSPS) is 21.9. The van der Waals surface area contributed by atoms with Gasteiger partial charge in [-0.25, -0.2) is 13.4 Å². The molecule has 0 saturated carbocycles. The predicted molar refractivity (Wildman–Crippen MR) is 87.8 cm³/mol. The number of sulfonamides is 1. The van der Waals surface area contributed by atoms with Crippen molar-refractivity contribution in [2.24, 2.45) is 5.41 Å². The lowest BCUT2D eigenvalue weighted by atomic mass is 9.78. The summed E-state index contributed by atoms with van der Waals surface area (Å²) in [6, 6.07) is 0. The summed E-state index contributed by atoms with van der Waals surface area (Å²) in [5.74, 6) is 0.756. The van der Waals surface area contributed by atoms with Crippen LogP contribution in [0.5, 0.6) is 0 Å². The standard InChI is InChI=1S/C14H24N4O2S.ClH/c1-3-17-10-13(16-12(17)2)21(19,20)18-9-6-14(11-18)4-7-15-8-5-14;/h10,15H,3-9,11H2,1-2H3;1H. The Bertz CT molecular complexity index is 623. The first kappa shape index (κ1) is 17.7. The highest BCUT2D eigenvalue weighted by Gasteiger charge is 2.43. The molecule has 8 heteroatoms. The molecule has 0 unspecified atom stereocenters. The second-order valence-electron chi connectivity index (χ2n) is 6.25. The third-order valence-corrected chi connectivity index (χ3v) is 6.68. The molecule has 2 saturated heterocycles. The summed E-state index contributed by atoms with van der Waals surface area (Å²) in [6.45, 7) is 7.85. The lowest BCUT2D eigenvalue weighted by Gasteiger charge is -2.33. The fraction of sp³-hybridized carbons (Fsp3) is 0.786. The van der Waals surface area contributed by atoms with Gasteiger partial charge in [-0.2, -0.15) is 4.31 Å². The Morgan fingerprint density at radius 1 is 1.32 bits per heavy atom. The number of rotatable bonds is 3. The maximum absolute atomic E-state index is 12.8. The van der Waals surface area contributed by atoms with Crippen molar-refractivity contribution >= 4 is 22.4 Å². The van der Waals surface area contributed by atoms with E-state index in [2.05, 4.69) is 10.3 Å². The highest BCUT2D eigenvalue weighted by atomic mass is 35.5. The zero-order valence-corrected chi connectivity index (χ0v) is 14.8. The van der Waals surface area contributed by atoms with E-state index in [0.29, 0.717) is 13.1 Å². The number of halogens is 1. The van der Waals surface area contributed by atoms with Gasteiger partial charge in [0.05, 0.1) is 0 Å². The van der Waals surface area contributed by atoms with Crippen molar-refractivity contribution in [2.75, 3.05) is 26.2 Å². The van der Waals surface area contributed by atoms with E-state index >= 15 is 0 Å². The van der Waals surface area contributed by atoms with Crippen LogP contribution in [0.1, 0.15) is 32.0 Å². The molecule has 1 spiro atoms. The molecular weight excluding hydrogens is 324 g/mol. The van der Waals surface area contributed by atoms with Crippen molar-refractivity contribution in [1.82, 2.24) is 19.2 Å². The van der Waals surface area contributed by atoms with Crippen LogP contribution in [-0.4, -0.2) is 48.5 Å². The maximum atomic E-state index is 12.8. The summed E-state index contributed by atoms with van der Waals surface area (Å²) in [6.07, 6.45) is 4.78. The fourth-order valence-corrected chi connectivity index (χ4v) is 5.07. The van der Waals surface area contributed by atoms with Crippen LogP contribution in [0.2, 0.25) is 0 Å². The lowest BCUT2D eigenvalue weighted by Crippen LogP contribution is -2.39. The average Bonchev–Trinajstić information content (AvgIpc) is 3.05. The maximum Gasteiger partial charge on any atom is 0.262 e. The fourth-order valence-electron chi connectivity index (χ4n) is 3.52. The van der Waals surface area contributed by atoms with Gasteiger partial charge in [0.1, 0.15) is 5.82 Å². The zero-order chi connectivity index (χ0) is 15.1. The van der Waals surface area contributed by atoms with E-state index in [1.54, 1.807) is 10.5 Å². The first-order valence-electron chi connectivity index (χ1n) is 7.71. The molecule has 0 atom stereocenters. The Balaban J connectivity index is 0.00000176. The third-order valence-electron chi connectivity index (χ3n) is 4.97. The van der Waals surface area contributed by atoms with Gasteiger partial charge < -0.3 is 9.88 Å². The van der Waals surface area contributed by atoms with Crippen LogP contribution < -0.4 is 5.32 Å². The van der Waals surface area contributed by atoms with Gasteiger partial charge in [0.15, 0.2) is 5.03 Å². The minimum Gasteiger partial charge on any atom is -0.334 e. The van der Waals surface area contributed by atoms with Crippen molar-refractivity contribution in [3.8, 4) is 0 Å². The number of nitrogens with one attached hydrogen (secondary N) is 1. The van der Waals surface area contributed by atoms with Crippen molar-refractivity contribution in [2.45, 2.75) is 44.7 Å². The summed E-state index contributed by atoms with van der Waals surface area (Å²) < 4.78 is 29.1. The molecule has 3 heterocycles. The van der Waals surface area contributed by atoms with E-state index in [9.17, 15) is 8.42 Å². The Labute approximate surface area is 138 Å². The molecule has 22 heavy (non-hydrogen) atoms. The minimum absolute atomic E-state index is 0. The molecule has 3 rings (SSSR count). The van der Waals surface area contributed by atoms with Crippen LogP contribution in [-0.2, 0) is 16.6 Å². The number of aromatic nitrogens is 2. The van der Waals surface area contributed by atoms with Crippen molar-refractivity contribution in [3.05, 3.63) is 12.0 Å². The Hall–Kier alpha value is -0.630. The molecule has 2 aliphatic heterocycles. The summed E-state index contributed by atoms with van der Waals surface area (Å²) in [5.41, 5.74) is 0.181. The molecule has 0 amide bonds. The molecule has 6 nitrogen and oxygen atoms in total. The van der Waals surface area contributed by atoms with Gasteiger partial charge in [0.25, 0.3) is 10.0 Å². The predicted octanol–water partition coefficient (Wildman–Crippen LogP) is 1.40. The topological polar surface area (TPSA) is 67.2 Å². The Morgan fingerprint density at radius 3 is 2.59 bits per heavy atom. The SMILES string of the molecule is CCn1cc(S(=O)(=O)N2CCC3(CCNCC3)C2)nc1C.Cl. The largest absolute Gasteiger partial charge is 0.334 e. The van der Waals surface area contributed by atoms with Crippen LogP contribution in [0, 0.1) is 12.3 Å². The molecule has 2 aliphatic rings. The van der Waals surface area contributed by atoms with Crippen molar-refractivity contribution in [1.29, 1.82) is 0 Å². The molecule has 0 bridgehead atoms. The monoisotopic (exact) mass is 348 g/mol. The highest BCUT2D eigenvalue weighted by Crippen LogP contribution is 2.40. The van der Waals surface area contributed by atoms with Gasteiger partial charge in [-0.1, -0.05) is 0 Å². The molecule has 2 fully saturated rings. The number of hydrogen-bond donors (Lipinski definition) is 1. The third kappa shape index (κ3) is 3.04. The van der Waals surface area contributed by atoms with E-state index in [1.807, 2.05) is 18.4 Å². The van der Waals surface area contributed by atoms with Crippen LogP contribution in [0.4, 0.5) is 0 Å². The molecule has 126 valence electrons. The first-order valence-corrected chi connectivity index (χ1v) is 9.15.